The highest BCUT2D eigenvalue weighted by Gasteiger charge is 2.47. The number of carbonyl (C=O) groups excluding carboxylic acids is 1. The van der Waals surface area contributed by atoms with Gasteiger partial charge < -0.3 is 14.2 Å². The molecule has 6 nitrogen and oxygen atoms in total. The van der Waals surface area contributed by atoms with Gasteiger partial charge in [-0.3, -0.25) is 9.80 Å². The molecule has 3 aliphatic rings. The van der Waals surface area contributed by atoms with E-state index in [1.165, 1.54) is 6.42 Å². The molecule has 6 heteroatoms. The molecule has 0 spiro atoms. The molecule has 0 radical (unpaired) electrons. The molecule has 32 heavy (non-hydrogen) atoms. The molecule has 1 saturated heterocycles. The van der Waals surface area contributed by atoms with Crippen molar-refractivity contribution in [2.45, 2.75) is 44.7 Å². The molecular weight excluding hydrogens is 404 g/mol. The second kappa shape index (κ2) is 9.02. The number of rotatable bonds is 5. The summed E-state index contributed by atoms with van der Waals surface area (Å²) in [7, 11) is 3.33. The first-order valence-corrected chi connectivity index (χ1v) is 11.7. The largest absolute Gasteiger partial charge is 0.497 e. The average molecular weight is 437 g/mol. The zero-order valence-corrected chi connectivity index (χ0v) is 19.0. The Kier molecular flexibility index (Phi) is 5.96. The Morgan fingerprint density at radius 2 is 1.75 bits per heavy atom. The smallest absolute Gasteiger partial charge is 0.240 e. The van der Waals surface area contributed by atoms with Crippen molar-refractivity contribution in [2.24, 2.45) is 11.8 Å². The number of nitrogens with zero attached hydrogens (tertiary/aromatic N) is 2. The van der Waals surface area contributed by atoms with Gasteiger partial charge in [0.05, 0.1) is 26.9 Å². The molecule has 2 aromatic carbocycles. The minimum atomic E-state index is 0.115. The molecular formula is C26H32N2O4. The Hall–Kier alpha value is -2.73. The Labute approximate surface area is 190 Å². The number of hydrogen-bond donors (Lipinski definition) is 0. The molecule has 2 aromatic rings. The summed E-state index contributed by atoms with van der Waals surface area (Å²) in [6, 6.07) is 14.3. The van der Waals surface area contributed by atoms with Crippen LogP contribution in [0.3, 0.4) is 0 Å². The van der Waals surface area contributed by atoms with Crippen LogP contribution in [0.4, 0.5) is 0 Å². The number of hydrogen-bond acceptors (Lipinski definition) is 5. The predicted molar refractivity (Wildman–Crippen MR) is 122 cm³/mol. The van der Waals surface area contributed by atoms with E-state index in [4.69, 9.17) is 14.2 Å². The van der Waals surface area contributed by atoms with Crippen LogP contribution in [0.15, 0.2) is 42.5 Å². The lowest BCUT2D eigenvalue weighted by Crippen LogP contribution is -2.45. The number of methoxy groups -OCH3 is 2. The van der Waals surface area contributed by atoms with Crippen LogP contribution in [-0.4, -0.2) is 43.3 Å². The third-order valence-electron chi connectivity index (χ3n) is 7.14. The van der Waals surface area contributed by atoms with Crippen LogP contribution in [0.1, 0.15) is 49.3 Å². The average Bonchev–Trinajstić information content (AvgIpc) is 3.22. The van der Waals surface area contributed by atoms with Crippen LogP contribution in [0.5, 0.6) is 17.2 Å². The standard InChI is InChI=1S/C26H32N2O4/c1-30-21-12-18(13-22(14-21)31-2)15-27-25-20(17-32-24-11-7-6-10-23(24)25)16-28(27)26(29)19-8-4-3-5-9-19/h6-7,10-14,19-20,25H,3-5,8-9,15-17H2,1-2H3/t20-,25-/m0/s1. The first-order chi connectivity index (χ1) is 15.7. The van der Waals surface area contributed by atoms with Gasteiger partial charge in [0.1, 0.15) is 17.2 Å². The molecule has 2 atom stereocenters. The minimum Gasteiger partial charge on any atom is -0.497 e. The highest BCUT2D eigenvalue weighted by Crippen LogP contribution is 2.46. The number of amides is 1. The topological polar surface area (TPSA) is 51.2 Å². The predicted octanol–water partition coefficient (Wildman–Crippen LogP) is 4.59. The normalized spacial score (nSPS) is 23.2. The molecule has 2 heterocycles. The highest BCUT2D eigenvalue weighted by molar-refractivity contribution is 5.79. The zero-order chi connectivity index (χ0) is 22.1. The lowest BCUT2D eigenvalue weighted by molar-refractivity contribution is -0.153. The van der Waals surface area contributed by atoms with Gasteiger partial charge in [0.2, 0.25) is 5.91 Å². The van der Waals surface area contributed by atoms with Gasteiger partial charge in [0.25, 0.3) is 0 Å². The van der Waals surface area contributed by atoms with E-state index in [1.807, 2.05) is 35.3 Å². The number of hydrazine groups is 1. The maximum atomic E-state index is 13.7. The maximum Gasteiger partial charge on any atom is 0.240 e. The Morgan fingerprint density at radius 1 is 1.03 bits per heavy atom. The minimum absolute atomic E-state index is 0.115. The first-order valence-electron chi connectivity index (χ1n) is 11.7. The summed E-state index contributed by atoms with van der Waals surface area (Å²) < 4.78 is 17.1. The SMILES string of the molecule is COc1cc(CN2[C@@H]3c4ccccc4OC[C@@H]3CN2C(=O)C2CCCCC2)cc(OC)c1. The Morgan fingerprint density at radius 3 is 2.47 bits per heavy atom. The van der Waals surface area contributed by atoms with Crippen molar-refractivity contribution < 1.29 is 19.0 Å². The Bertz CT molecular complexity index is 950. The summed E-state index contributed by atoms with van der Waals surface area (Å²) in [5.74, 6) is 3.09. The van der Waals surface area contributed by atoms with Crippen LogP contribution < -0.4 is 14.2 Å². The van der Waals surface area contributed by atoms with Crippen LogP contribution in [0.2, 0.25) is 0 Å². The Balaban J connectivity index is 1.51. The molecule has 0 aromatic heterocycles. The molecule has 0 bridgehead atoms. The first kappa shape index (κ1) is 21.1. The van der Waals surface area contributed by atoms with Gasteiger partial charge in [-0.1, -0.05) is 37.5 Å². The summed E-state index contributed by atoms with van der Waals surface area (Å²) in [6.45, 7) is 1.95. The molecule has 2 fully saturated rings. The molecule has 1 aliphatic carbocycles. The second-order valence-electron chi connectivity index (χ2n) is 9.13. The molecule has 2 aliphatic heterocycles. The van der Waals surface area contributed by atoms with Gasteiger partial charge in [-0.05, 0) is 36.6 Å². The number of para-hydroxylation sites is 1. The van der Waals surface area contributed by atoms with Gasteiger partial charge in [-0.2, -0.15) is 0 Å². The van der Waals surface area contributed by atoms with Crippen molar-refractivity contribution in [3.63, 3.8) is 0 Å². The van der Waals surface area contributed by atoms with Crippen molar-refractivity contribution in [1.29, 1.82) is 0 Å². The highest BCUT2D eigenvalue weighted by atomic mass is 16.5. The van der Waals surface area contributed by atoms with Crippen molar-refractivity contribution in [1.82, 2.24) is 10.0 Å². The van der Waals surface area contributed by atoms with Crippen LogP contribution >= 0.6 is 0 Å². The van der Waals surface area contributed by atoms with Crippen molar-refractivity contribution in [3.05, 3.63) is 53.6 Å². The third kappa shape index (κ3) is 3.92. The summed E-state index contributed by atoms with van der Waals surface area (Å²) in [5, 5.41) is 4.31. The third-order valence-corrected chi connectivity index (χ3v) is 7.14. The quantitative estimate of drug-likeness (QED) is 0.686. The molecule has 5 rings (SSSR count). The van der Waals surface area contributed by atoms with E-state index in [-0.39, 0.29) is 23.8 Å². The lowest BCUT2D eigenvalue weighted by Gasteiger charge is -2.37. The van der Waals surface area contributed by atoms with Crippen LogP contribution in [-0.2, 0) is 11.3 Å². The molecule has 1 amide bonds. The molecule has 0 N–H and O–H groups in total. The number of carbonyl (C=O) groups is 1. The van der Waals surface area contributed by atoms with Crippen molar-refractivity contribution in [3.8, 4) is 17.2 Å². The van der Waals surface area contributed by atoms with Crippen molar-refractivity contribution in [2.75, 3.05) is 27.4 Å². The second-order valence-corrected chi connectivity index (χ2v) is 9.13. The zero-order valence-electron chi connectivity index (χ0n) is 19.0. The lowest BCUT2D eigenvalue weighted by atomic mass is 9.88. The van der Waals surface area contributed by atoms with E-state index in [1.54, 1.807) is 14.2 Å². The van der Waals surface area contributed by atoms with Gasteiger partial charge in [-0.25, -0.2) is 5.01 Å². The number of benzene rings is 2. The van der Waals surface area contributed by atoms with E-state index in [2.05, 4.69) is 17.1 Å². The number of fused-ring (bicyclic) bond motifs is 3. The fraction of sp³-hybridized carbons (Fsp3) is 0.500. The summed E-state index contributed by atoms with van der Waals surface area (Å²) >= 11 is 0. The molecule has 170 valence electrons. The van der Waals surface area contributed by atoms with Gasteiger partial charge >= 0.3 is 0 Å². The summed E-state index contributed by atoms with van der Waals surface area (Å²) in [5.41, 5.74) is 2.23. The van der Waals surface area contributed by atoms with E-state index >= 15 is 0 Å². The van der Waals surface area contributed by atoms with E-state index in [0.717, 1.165) is 54.1 Å². The van der Waals surface area contributed by atoms with E-state index in [0.29, 0.717) is 19.7 Å². The van der Waals surface area contributed by atoms with E-state index < -0.39 is 0 Å². The fourth-order valence-corrected chi connectivity index (χ4v) is 5.54. The number of ether oxygens (including phenoxy) is 3. The summed E-state index contributed by atoms with van der Waals surface area (Å²) in [4.78, 5) is 13.7. The van der Waals surface area contributed by atoms with Gasteiger partial charge in [0, 0.05) is 36.6 Å². The monoisotopic (exact) mass is 436 g/mol. The van der Waals surface area contributed by atoms with Crippen LogP contribution in [0, 0.1) is 11.8 Å². The van der Waals surface area contributed by atoms with Gasteiger partial charge in [0.15, 0.2) is 0 Å². The molecule has 0 unspecified atom stereocenters. The fourth-order valence-electron chi connectivity index (χ4n) is 5.54. The summed E-state index contributed by atoms with van der Waals surface area (Å²) in [6.07, 6.45) is 5.53. The van der Waals surface area contributed by atoms with Crippen molar-refractivity contribution >= 4 is 5.91 Å². The van der Waals surface area contributed by atoms with Gasteiger partial charge in [-0.15, -0.1) is 0 Å². The van der Waals surface area contributed by atoms with E-state index in [9.17, 15) is 4.79 Å². The maximum absolute atomic E-state index is 13.7. The molecule has 1 saturated carbocycles. The van der Waals surface area contributed by atoms with Crippen LogP contribution in [0.25, 0.3) is 0 Å².